The molecule has 0 spiro atoms. The Bertz CT molecular complexity index is 1160. The zero-order valence-corrected chi connectivity index (χ0v) is 20.2. The number of benzene rings is 2. The second-order valence-corrected chi connectivity index (χ2v) is 9.16. The standard InChI is InChI=1S/C27H33N5O2/c1-19(15-26(33)29-24-10-7-11-25(17-24)31-12-4-5-13-31)28-27(34)23-9-6-8-22(16-23)18-32-21(3)14-20(2)30-32/h6-11,14,16-17,19H,4-5,12-13,15,18H2,1-3H3,(H,28,34)(H,29,33). The molecule has 0 radical (unpaired) electrons. The van der Waals surface area contributed by atoms with Gasteiger partial charge in [-0.1, -0.05) is 18.2 Å². The zero-order chi connectivity index (χ0) is 24.1. The van der Waals surface area contributed by atoms with Gasteiger partial charge < -0.3 is 15.5 Å². The lowest BCUT2D eigenvalue weighted by molar-refractivity contribution is -0.116. The van der Waals surface area contributed by atoms with E-state index in [0.717, 1.165) is 41.4 Å². The molecule has 2 N–H and O–H groups in total. The van der Waals surface area contributed by atoms with Crippen LogP contribution in [0, 0.1) is 13.8 Å². The minimum Gasteiger partial charge on any atom is -0.371 e. The van der Waals surface area contributed by atoms with Crippen LogP contribution in [0.25, 0.3) is 0 Å². The first-order valence-corrected chi connectivity index (χ1v) is 11.9. The highest BCUT2D eigenvalue weighted by Gasteiger charge is 2.16. The van der Waals surface area contributed by atoms with E-state index in [1.807, 2.05) is 67.9 Å². The second kappa shape index (κ2) is 10.5. The Labute approximate surface area is 201 Å². The lowest BCUT2D eigenvalue weighted by Crippen LogP contribution is -2.35. The topological polar surface area (TPSA) is 79.3 Å². The summed E-state index contributed by atoms with van der Waals surface area (Å²) < 4.78 is 1.93. The zero-order valence-electron chi connectivity index (χ0n) is 20.2. The molecule has 1 aromatic heterocycles. The molecule has 0 aliphatic carbocycles. The molecule has 34 heavy (non-hydrogen) atoms. The van der Waals surface area contributed by atoms with Gasteiger partial charge in [-0.05, 0) is 75.6 Å². The van der Waals surface area contributed by atoms with Gasteiger partial charge in [0.05, 0.1) is 12.2 Å². The minimum atomic E-state index is -0.297. The van der Waals surface area contributed by atoms with Crippen LogP contribution in [0.5, 0.6) is 0 Å². The van der Waals surface area contributed by atoms with E-state index in [1.54, 1.807) is 6.07 Å². The molecule has 7 nitrogen and oxygen atoms in total. The molecule has 1 atom stereocenters. The SMILES string of the molecule is Cc1cc(C)n(Cc2cccc(C(=O)NC(C)CC(=O)Nc3cccc(N4CCCC4)c3)c2)n1. The van der Waals surface area contributed by atoms with Gasteiger partial charge >= 0.3 is 0 Å². The molecule has 2 heterocycles. The van der Waals surface area contributed by atoms with Crippen molar-refractivity contribution < 1.29 is 9.59 Å². The number of rotatable bonds is 8. The Kier molecular flexibility index (Phi) is 7.30. The number of aromatic nitrogens is 2. The highest BCUT2D eigenvalue weighted by atomic mass is 16.2. The van der Waals surface area contributed by atoms with Crippen LogP contribution >= 0.6 is 0 Å². The third kappa shape index (κ3) is 6.04. The third-order valence-electron chi connectivity index (χ3n) is 6.10. The van der Waals surface area contributed by atoms with Crippen molar-refractivity contribution in [3.63, 3.8) is 0 Å². The summed E-state index contributed by atoms with van der Waals surface area (Å²) in [5, 5.41) is 10.4. The molecular weight excluding hydrogens is 426 g/mol. The Balaban J connectivity index is 1.31. The summed E-state index contributed by atoms with van der Waals surface area (Å²) in [5.41, 5.74) is 5.55. The monoisotopic (exact) mass is 459 g/mol. The van der Waals surface area contributed by atoms with E-state index >= 15 is 0 Å². The molecule has 1 aliphatic rings. The minimum absolute atomic E-state index is 0.121. The van der Waals surface area contributed by atoms with Gasteiger partial charge in [-0.2, -0.15) is 5.10 Å². The fourth-order valence-electron chi connectivity index (χ4n) is 4.42. The Morgan fingerprint density at radius 3 is 2.53 bits per heavy atom. The van der Waals surface area contributed by atoms with E-state index in [2.05, 4.69) is 26.7 Å². The summed E-state index contributed by atoms with van der Waals surface area (Å²) in [7, 11) is 0. The summed E-state index contributed by atoms with van der Waals surface area (Å²) in [5.74, 6) is -0.309. The Hall–Kier alpha value is -3.61. The molecule has 1 fully saturated rings. The molecule has 1 aliphatic heterocycles. The van der Waals surface area contributed by atoms with Crippen molar-refractivity contribution in [3.05, 3.63) is 77.1 Å². The highest BCUT2D eigenvalue weighted by Crippen LogP contribution is 2.23. The highest BCUT2D eigenvalue weighted by molar-refractivity contribution is 5.96. The molecule has 0 saturated carbocycles. The number of hydrogen-bond donors (Lipinski definition) is 2. The molecule has 2 amide bonds. The largest absolute Gasteiger partial charge is 0.371 e. The third-order valence-corrected chi connectivity index (χ3v) is 6.10. The van der Waals surface area contributed by atoms with Crippen molar-refractivity contribution in [1.29, 1.82) is 0 Å². The van der Waals surface area contributed by atoms with E-state index in [4.69, 9.17) is 0 Å². The second-order valence-electron chi connectivity index (χ2n) is 9.16. The smallest absolute Gasteiger partial charge is 0.251 e. The van der Waals surface area contributed by atoms with Crippen LogP contribution in [-0.4, -0.2) is 40.7 Å². The van der Waals surface area contributed by atoms with E-state index in [0.29, 0.717) is 12.1 Å². The van der Waals surface area contributed by atoms with Gasteiger partial charge in [-0.3, -0.25) is 14.3 Å². The van der Waals surface area contributed by atoms with Crippen LogP contribution in [0.4, 0.5) is 11.4 Å². The first kappa shape index (κ1) is 23.5. The van der Waals surface area contributed by atoms with Gasteiger partial charge in [0.2, 0.25) is 5.91 Å². The number of nitrogens with one attached hydrogen (secondary N) is 2. The summed E-state index contributed by atoms with van der Waals surface area (Å²) in [4.78, 5) is 27.7. The maximum Gasteiger partial charge on any atom is 0.251 e. The number of hydrogen-bond acceptors (Lipinski definition) is 4. The number of carbonyl (C=O) groups is 2. The van der Waals surface area contributed by atoms with Gasteiger partial charge in [0, 0.05) is 48.2 Å². The van der Waals surface area contributed by atoms with Crippen LogP contribution in [0.3, 0.4) is 0 Å². The summed E-state index contributed by atoms with van der Waals surface area (Å²) in [6, 6.07) is 17.2. The van der Waals surface area contributed by atoms with Gasteiger partial charge in [0.15, 0.2) is 0 Å². The van der Waals surface area contributed by atoms with E-state index in [1.165, 1.54) is 12.8 Å². The van der Waals surface area contributed by atoms with E-state index < -0.39 is 0 Å². The number of carbonyl (C=O) groups excluding carboxylic acids is 2. The lowest BCUT2D eigenvalue weighted by Gasteiger charge is -2.19. The summed E-state index contributed by atoms with van der Waals surface area (Å²) in [6.45, 7) is 8.56. The molecule has 7 heteroatoms. The number of nitrogens with zero attached hydrogens (tertiary/aromatic N) is 3. The van der Waals surface area contributed by atoms with Crippen molar-refractivity contribution in [1.82, 2.24) is 15.1 Å². The van der Waals surface area contributed by atoms with E-state index in [-0.39, 0.29) is 24.3 Å². The molecule has 1 unspecified atom stereocenters. The van der Waals surface area contributed by atoms with Crippen molar-refractivity contribution in [2.24, 2.45) is 0 Å². The van der Waals surface area contributed by atoms with Crippen molar-refractivity contribution in [2.45, 2.75) is 52.6 Å². The first-order valence-electron chi connectivity index (χ1n) is 11.9. The van der Waals surface area contributed by atoms with Crippen LogP contribution in [0.1, 0.15) is 53.5 Å². The van der Waals surface area contributed by atoms with Gasteiger partial charge in [-0.15, -0.1) is 0 Å². The van der Waals surface area contributed by atoms with Gasteiger partial charge in [0.1, 0.15) is 0 Å². The predicted octanol–water partition coefficient (Wildman–Crippen LogP) is 4.30. The molecular formula is C27H33N5O2. The number of amides is 2. The molecule has 3 aromatic rings. The number of anilines is 2. The van der Waals surface area contributed by atoms with Crippen LogP contribution in [0.15, 0.2) is 54.6 Å². The molecule has 1 saturated heterocycles. The average molecular weight is 460 g/mol. The van der Waals surface area contributed by atoms with Crippen LogP contribution in [0.2, 0.25) is 0 Å². The molecule has 178 valence electrons. The van der Waals surface area contributed by atoms with Crippen molar-refractivity contribution in [3.8, 4) is 0 Å². The van der Waals surface area contributed by atoms with Crippen LogP contribution < -0.4 is 15.5 Å². The van der Waals surface area contributed by atoms with Crippen molar-refractivity contribution >= 4 is 23.2 Å². The van der Waals surface area contributed by atoms with Gasteiger partial charge in [0.25, 0.3) is 5.91 Å². The van der Waals surface area contributed by atoms with E-state index in [9.17, 15) is 9.59 Å². The molecule has 4 rings (SSSR count). The fraction of sp³-hybridized carbons (Fsp3) is 0.370. The normalized spacial score (nSPS) is 14.1. The average Bonchev–Trinajstić information content (AvgIpc) is 3.44. The summed E-state index contributed by atoms with van der Waals surface area (Å²) >= 11 is 0. The predicted molar refractivity (Wildman–Crippen MR) is 135 cm³/mol. The van der Waals surface area contributed by atoms with Crippen molar-refractivity contribution in [2.75, 3.05) is 23.3 Å². The van der Waals surface area contributed by atoms with Gasteiger partial charge in [-0.25, -0.2) is 0 Å². The first-order chi connectivity index (χ1) is 16.4. The maximum atomic E-state index is 12.8. The lowest BCUT2D eigenvalue weighted by atomic mass is 10.1. The number of aryl methyl sites for hydroxylation is 2. The molecule has 0 bridgehead atoms. The maximum absolute atomic E-state index is 12.8. The molecule has 2 aromatic carbocycles. The Morgan fingerprint density at radius 2 is 1.79 bits per heavy atom. The fourth-order valence-corrected chi connectivity index (χ4v) is 4.42. The quantitative estimate of drug-likeness (QED) is 0.527. The summed E-state index contributed by atoms with van der Waals surface area (Å²) in [6.07, 6.45) is 2.61. The Morgan fingerprint density at radius 1 is 1.03 bits per heavy atom. The van der Waals surface area contributed by atoms with Crippen LogP contribution in [-0.2, 0) is 11.3 Å².